The van der Waals surface area contributed by atoms with Crippen molar-refractivity contribution < 1.29 is 52.0 Å². The molecule has 1 N–H and O–H groups in total. The van der Waals surface area contributed by atoms with Crippen LogP contribution in [0.25, 0.3) is 0 Å². The fourth-order valence-corrected chi connectivity index (χ4v) is 6.72. The second-order valence-electron chi connectivity index (χ2n) is 12.8. The molecule has 44 heavy (non-hydrogen) atoms. The number of cyclic esters (lactones) is 2. The SMILES string of the molecule is CCCCCCCCO[C@]1(C(=O)OC)C[C@H](OC(=O)SCC)[C@@H](NC(C)=O)[C@H](C2OC(=O)OCC2O[Si](C)(C)C(C)(C)C)O1. The average Bonchev–Trinajstić information content (AvgIpc) is 2.93. The van der Waals surface area contributed by atoms with Crippen LogP contribution in [0.15, 0.2) is 0 Å². The first kappa shape index (κ1) is 38.3. The van der Waals surface area contributed by atoms with Crippen LogP contribution in [0.1, 0.15) is 86.5 Å². The Labute approximate surface area is 267 Å². The quantitative estimate of drug-likeness (QED) is 0.0991. The van der Waals surface area contributed by atoms with Gasteiger partial charge in [-0.3, -0.25) is 4.79 Å². The van der Waals surface area contributed by atoms with Gasteiger partial charge in [0.15, 0.2) is 14.4 Å². The molecular formula is C30H53NO11SSi. The maximum atomic E-state index is 13.5. The summed E-state index contributed by atoms with van der Waals surface area (Å²) in [6.07, 6.45) is 0.450. The van der Waals surface area contributed by atoms with Crippen LogP contribution in [0.3, 0.4) is 0 Å². The normalized spacial score (nSPS) is 27.6. The summed E-state index contributed by atoms with van der Waals surface area (Å²) >= 11 is 0.943. The van der Waals surface area contributed by atoms with Crippen LogP contribution in [0.4, 0.5) is 9.59 Å². The molecule has 0 aromatic carbocycles. The maximum absolute atomic E-state index is 13.5. The molecule has 2 aliphatic rings. The van der Waals surface area contributed by atoms with E-state index in [1.807, 2.05) is 13.1 Å². The average molecular weight is 664 g/mol. The van der Waals surface area contributed by atoms with Crippen LogP contribution in [-0.4, -0.2) is 94.0 Å². The number of methoxy groups -OCH3 is 1. The van der Waals surface area contributed by atoms with Gasteiger partial charge >= 0.3 is 17.4 Å². The number of thioether (sulfide) groups is 1. The lowest BCUT2D eigenvalue weighted by atomic mass is 9.88. The Morgan fingerprint density at radius 3 is 2.30 bits per heavy atom. The van der Waals surface area contributed by atoms with Gasteiger partial charge in [-0.2, -0.15) is 0 Å². The van der Waals surface area contributed by atoms with Crippen LogP contribution in [-0.2, 0) is 42.4 Å². The lowest BCUT2D eigenvalue weighted by Crippen LogP contribution is -2.70. The number of ether oxygens (including phenoxy) is 6. The number of nitrogens with one attached hydrogen (secondary N) is 1. The van der Waals surface area contributed by atoms with Gasteiger partial charge in [-0.25, -0.2) is 14.4 Å². The van der Waals surface area contributed by atoms with Crippen molar-refractivity contribution in [3.63, 3.8) is 0 Å². The number of hydrogen-bond acceptors (Lipinski definition) is 12. The van der Waals surface area contributed by atoms with E-state index in [9.17, 15) is 19.2 Å². The Kier molecular flexibility index (Phi) is 14.9. The van der Waals surface area contributed by atoms with Gasteiger partial charge in [0.05, 0.1) is 26.2 Å². The van der Waals surface area contributed by atoms with Gasteiger partial charge in [-0.1, -0.05) is 66.7 Å². The zero-order chi connectivity index (χ0) is 33.1. The predicted molar refractivity (Wildman–Crippen MR) is 168 cm³/mol. The third kappa shape index (κ3) is 10.6. The van der Waals surface area contributed by atoms with E-state index < -0.39 is 67.9 Å². The van der Waals surface area contributed by atoms with E-state index in [-0.39, 0.29) is 24.7 Å². The molecule has 2 heterocycles. The number of unbranched alkanes of at least 4 members (excludes halogenated alkanes) is 5. The van der Waals surface area contributed by atoms with E-state index >= 15 is 0 Å². The highest BCUT2D eigenvalue weighted by Gasteiger charge is 2.60. The highest BCUT2D eigenvalue weighted by atomic mass is 32.2. The minimum absolute atomic E-state index is 0.136. The number of amides is 1. The first-order chi connectivity index (χ1) is 20.6. The highest BCUT2D eigenvalue weighted by molar-refractivity contribution is 8.13. The topological polar surface area (TPSA) is 145 Å². The van der Waals surface area contributed by atoms with Crippen molar-refractivity contribution in [1.29, 1.82) is 0 Å². The second kappa shape index (κ2) is 17.2. The third-order valence-electron chi connectivity index (χ3n) is 8.30. The molecule has 0 saturated carbocycles. The number of rotatable bonds is 15. The molecule has 0 bridgehead atoms. The van der Waals surface area contributed by atoms with Crippen molar-refractivity contribution in [2.45, 2.75) is 141 Å². The molecule has 0 aromatic rings. The van der Waals surface area contributed by atoms with Crippen LogP contribution in [0.5, 0.6) is 0 Å². The standard InChI is InChI=1S/C30H53NO11SSi/c1-10-12-13-14-15-16-17-38-30(26(33)36-7)18-21(39-28(35)43-11-2)23(31-20(3)32)25(41-30)24-22(19-37-27(34)40-24)42-44(8,9)29(4,5)6/h21-25H,10-19H2,1-9H3,(H,31,32)/t21-,22?,23+,24?,25+,30+/m0/s1. The predicted octanol–water partition coefficient (Wildman–Crippen LogP) is 5.71. The molecule has 2 fully saturated rings. The van der Waals surface area contributed by atoms with Crippen molar-refractivity contribution in [3.8, 4) is 0 Å². The zero-order valence-electron chi connectivity index (χ0n) is 27.9. The molecule has 2 rings (SSSR count). The van der Waals surface area contributed by atoms with Crippen molar-refractivity contribution in [2.75, 3.05) is 26.1 Å². The summed E-state index contributed by atoms with van der Waals surface area (Å²) < 4.78 is 41.2. The van der Waals surface area contributed by atoms with Gasteiger partial charge in [0, 0.05) is 12.7 Å². The van der Waals surface area contributed by atoms with Crippen molar-refractivity contribution >= 4 is 43.4 Å². The minimum Gasteiger partial charge on any atom is -0.465 e. The number of carbonyl (C=O) groups excluding carboxylic acids is 4. The van der Waals surface area contributed by atoms with Crippen molar-refractivity contribution in [2.24, 2.45) is 0 Å². The zero-order valence-corrected chi connectivity index (χ0v) is 29.7. The molecule has 6 atom stereocenters. The molecule has 0 aliphatic carbocycles. The molecule has 0 spiro atoms. The fraction of sp³-hybridized carbons (Fsp3) is 0.867. The first-order valence-electron chi connectivity index (χ1n) is 15.6. The molecule has 1 amide bonds. The van der Waals surface area contributed by atoms with Gasteiger partial charge in [-0.05, 0) is 36.3 Å². The molecule has 0 aromatic heterocycles. The number of carbonyl (C=O) groups is 4. The Morgan fingerprint density at radius 1 is 1.05 bits per heavy atom. The van der Waals surface area contributed by atoms with Crippen molar-refractivity contribution in [1.82, 2.24) is 5.32 Å². The van der Waals surface area contributed by atoms with Crippen LogP contribution in [0.2, 0.25) is 18.1 Å². The van der Waals surface area contributed by atoms with Gasteiger partial charge < -0.3 is 38.2 Å². The Morgan fingerprint density at radius 2 is 1.70 bits per heavy atom. The number of hydrogen-bond donors (Lipinski definition) is 1. The van der Waals surface area contributed by atoms with E-state index in [0.29, 0.717) is 12.2 Å². The van der Waals surface area contributed by atoms with Gasteiger partial charge in [-0.15, -0.1) is 0 Å². The maximum Gasteiger partial charge on any atom is 0.508 e. The summed E-state index contributed by atoms with van der Waals surface area (Å²) in [5.74, 6) is -2.83. The fourth-order valence-electron chi connectivity index (χ4n) is 4.98. The Hall–Kier alpha value is -1.87. The molecule has 0 radical (unpaired) electrons. The Bertz CT molecular complexity index is 975. The lowest BCUT2D eigenvalue weighted by molar-refractivity contribution is -0.314. The highest BCUT2D eigenvalue weighted by Crippen LogP contribution is 2.41. The van der Waals surface area contributed by atoms with E-state index in [2.05, 4.69) is 33.0 Å². The molecule has 2 saturated heterocycles. The van der Waals surface area contributed by atoms with Gasteiger partial charge in [0.25, 0.3) is 5.79 Å². The van der Waals surface area contributed by atoms with E-state index in [0.717, 1.165) is 43.9 Å². The summed E-state index contributed by atoms with van der Waals surface area (Å²) in [4.78, 5) is 51.2. The summed E-state index contributed by atoms with van der Waals surface area (Å²) in [5, 5.41) is 2.02. The van der Waals surface area contributed by atoms with E-state index in [4.69, 9.17) is 32.8 Å². The molecule has 12 nitrogen and oxygen atoms in total. The molecular weight excluding hydrogens is 610 g/mol. The van der Waals surface area contributed by atoms with Gasteiger partial charge in [0.1, 0.15) is 24.9 Å². The summed E-state index contributed by atoms with van der Waals surface area (Å²) in [6.45, 7) is 15.6. The van der Waals surface area contributed by atoms with Crippen LogP contribution in [0, 0.1) is 0 Å². The lowest BCUT2D eigenvalue weighted by Gasteiger charge is -2.50. The minimum atomic E-state index is -2.46. The molecule has 2 aliphatic heterocycles. The molecule has 2 unspecified atom stereocenters. The van der Waals surface area contributed by atoms with E-state index in [1.54, 1.807) is 6.92 Å². The summed E-state index contributed by atoms with van der Waals surface area (Å²) in [6, 6.07) is -1.02. The number of esters is 1. The smallest absolute Gasteiger partial charge is 0.465 e. The second-order valence-corrected chi connectivity index (χ2v) is 18.7. The summed E-state index contributed by atoms with van der Waals surface area (Å²) in [7, 11) is -1.25. The Balaban J connectivity index is 2.55. The molecule has 254 valence electrons. The van der Waals surface area contributed by atoms with Gasteiger partial charge in [0.2, 0.25) is 5.91 Å². The van der Waals surface area contributed by atoms with E-state index in [1.165, 1.54) is 14.0 Å². The monoisotopic (exact) mass is 663 g/mol. The van der Waals surface area contributed by atoms with Crippen LogP contribution < -0.4 is 5.32 Å². The third-order valence-corrected chi connectivity index (χ3v) is 13.4. The largest absolute Gasteiger partial charge is 0.508 e. The summed E-state index contributed by atoms with van der Waals surface area (Å²) in [5.41, 5.74) is 0. The first-order valence-corrected chi connectivity index (χ1v) is 19.5. The molecule has 14 heteroatoms. The van der Waals surface area contributed by atoms with Crippen molar-refractivity contribution in [3.05, 3.63) is 0 Å². The van der Waals surface area contributed by atoms with Crippen LogP contribution >= 0.6 is 11.8 Å².